The van der Waals surface area contributed by atoms with Crippen LogP contribution in [0.4, 0.5) is 5.69 Å². The Labute approximate surface area is 180 Å². The number of aromatic nitrogens is 3. The van der Waals surface area contributed by atoms with Gasteiger partial charge in [-0.05, 0) is 36.8 Å². The van der Waals surface area contributed by atoms with Gasteiger partial charge in [0, 0.05) is 15.7 Å². The smallest absolute Gasteiger partial charge is 0.338 e. The lowest BCUT2D eigenvalue weighted by molar-refractivity contribution is -0.113. The number of thioether (sulfide) groups is 1. The molecule has 29 heavy (non-hydrogen) atoms. The van der Waals surface area contributed by atoms with Crippen LogP contribution < -0.4 is 5.32 Å². The first kappa shape index (κ1) is 21.1. The molecule has 1 heterocycles. The van der Waals surface area contributed by atoms with Crippen LogP contribution in [0, 0.1) is 0 Å². The van der Waals surface area contributed by atoms with Crippen molar-refractivity contribution in [3.8, 4) is 11.4 Å². The van der Waals surface area contributed by atoms with E-state index in [2.05, 4.69) is 36.4 Å². The van der Waals surface area contributed by atoms with Gasteiger partial charge in [0.05, 0.1) is 17.9 Å². The molecule has 0 aliphatic rings. The monoisotopic (exact) mass is 474 g/mol. The number of anilines is 1. The Balaban J connectivity index is 1.51. The van der Waals surface area contributed by atoms with Crippen molar-refractivity contribution in [1.82, 2.24) is 15.2 Å². The second-order valence-corrected chi connectivity index (χ2v) is 7.79. The summed E-state index contributed by atoms with van der Waals surface area (Å²) in [4.78, 5) is 28.4. The SMILES string of the molecule is CCCOC(=O)c1ccc(NC(=O)CSc2n[nH]c(-c3ccccc3Br)n2)cc1. The fourth-order valence-corrected chi connectivity index (χ4v) is 3.45. The molecule has 7 nitrogen and oxygen atoms in total. The second kappa shape index (κ2) is 10.2. The number of amides is 1. The number of hydrogen-bond acceptors (Lipinski definition) is 6. The second-order valence-electron chi connectivity index (χ2n) is 6.00. The third kappa shape index (κ3) is 5.91. The number of ether oxygens (including phenoxy) is 1. The van der Waals surface area contributed by atoms with Gasteiger partial charge in [-0.3, -0.25) is 9.89 Å². The Morgan fingerprint density at radius 3 is 2.66 bits per heavy atom. The maximum absolute atomic E-state index is 12.2. The summed E-state index contributed by atoms with van der Waals surface area (Å²) in [5, 5.41) is 10.3. The van der Waals surface area contributed by atoms with Gasteiger partial charge in [0.25, 0.3) is 0 Å². The molecule has 0 unspecified atom stereocenters. The predicted molar refractivity (Wildman–Crippen MR) is 116 cm³/mol. The van der Waals surface area contributed by atoms with Gasteiger partial charge in [0.2, 0.25) is 11.1 Å². The van der Waals surface area contributed by atoms with Gasteiger partial charge in [0.1, 0.15) is 0 Å². The van der Waals surface area contributed by atoms with Crippen LogP contribution in [0.25, 0.3) is 11.4 Å². The summed E-state index contributed by atoms with van der Waals surface area (Å²) >= 11 is 4.71. The fourth-order valence-electron chi connectivity index (χ4n) is 2.38. The highest BCUT2D eigenvalue weighted by atomic mass is 79.9. The molecule has 0 bridgehead atoms. The number of hydrogen-bond donors (Lipinski definition) is 2. The number of carbonyl (C=O) groups is 2. The number of rotatable bonds is 8. The van der Waals surface area contributed by atoms with E-state index >= 15 is 0 Å². The van der Waals surface area contributed by atoms with E-state index in [9.17, 15) is 9.59 Å². The summed E-state index contributed by atoms with van der Waals surface area (Å²) in [6.45, 7) is 2.32. The number of esters is 1. The molecule has 0 fully saturated rings. The van der Waals surface area contributed by atoms with Gasteiger partial charge >= 0.3 is 5.97 Å². The zero-order valence-corrected chi connectivity index (χ0v) is 18.0. The lowest BCUT2D eigenvalue weighted by Gasteiger charge is -2.06. The third-order valence-electron chi connectivity index (χ3n) is 3.77. The molecule has 9 heteroatoms. The molecule has 0 atom stereocenters. The van der Waals surface area contributed by atoms with Crippen LogP contribution in [-0.4, -0.2) is 39.4 Å². The van der Waals surface area contributed by atoms with Gasteiger partial charge in [0.15, 0.2) is 5.82 Å². The normalized spacial score (nSPS) is 10.6. The zero-order valence-electron chi connectivity index (χ0n) is 15.6. The van der Waals surface area contributed by atoms with Crippen molar-refractivity contribution in [2.45, 2.75) is 18.5 Å². The minimum Gasteiger partial charge on any atom is -0.462 e. The molecule has 1 aromatic heterocycles. The van der Waals surface area contributed by atoms with Crippen molar-refractivity contribution in [2.24, 2.45) is 0 Å². The molecule has 0 aliphatic heterocycles. The number of nitrogens with zero attached hydrogens (tertiary/aromatic N) is 2. The number of nitrogens with one attached hydrogen (secondary N) is 2. The van der Waals surface area contributed by atoms with Gasteiger partial charge in [-0.2, -0.15) is 0 Å². The van der Waals surface area contributed by atoms with Crippen LogP contribution in [0.2, 0.25) is 0 Å². The first-order valence-corrected chi connectivity index (χ1v) is 10.7. The Kier molecular flexibility index (Phi) is 7.42. The van der Waals surface area contributed by atoms with E-state index in [0.29, 0.717) is 28.8 Å². The highest BCUT2D eigenvalue weighted by Gasteiger charge is 2.12. The Morgan fingerprint density at radius 1 is 1.17 bits per heavy atom. The average molecular weight is 475 g/mol. The quantitative estimate of drug-likeness (QED) is 0.367. The average Bonchev–Trinajstić information content (AvgIpc) is 3.20. The summed E-state index contributed by atoms with van der Waals surface area (Å²) in [5.74, 6) is 0.230. The van der Waals surface area contributed by atoms with E-state index in [1.54, 1.807) is 24.3 Å². The van der Waals surface area contributed by atoms with E-state index in [0.717, 1.165) is 16.5 Å². The number of halogens is 1. The lowest BCUT2D eigenvalue weighted by atomic mass is 10.2. The maximum Gasteiger partial charge on any atom is 0.338 e. The summed E-state index contributed by atoms with van der Waals surface area (Å²) in [6, 6.07) is 14.3. The van der Waals surface area contributed by atoms with Crippen molar-refractivity contribution < 1.29 is 14.3 Å². The van der Waals surface area contributed by atoms with Gasteiger partial charge in [-0.25, -0.2) is 9.78 Å². The van der Waals surface area contributed by atoms with Crippen molar-refractivity contribution in [3.05, 3.63) is 58.6 Å². The van der Waals surface area contributed by atoms with Gasteiger partial charge < -0.3 is 10.1 Å². The Bertz CT molecular complexity index is 991. The van der Waals surface area contributed by atoms with E-state index in [1.807, 2.05) is 31.2 Å². The van der Waals surface area contributed by atoms with Crippen LogP contribution in [0.5, 0.6) is 0 Å². The van der Waals surface area contributed by atoms with Crippen LogP contribution in [0.15, 0.2) is 58.2 Å². The molecular weight excluding hydrogens is 456 g/mol. The zero-order chi connectivity index (χ0) is 20.6. The van der Waals surface area contributed by atoms with Gasteiger partial charge in [-0.15, -0.1) is 5.10 Å². The van der Waals surface area contributed by atoms with E-state index in [1.165, 1.54) is 11.8 Å². The molecule has 0 aliphatic carbocycles. The van der Waals surface area contributed by atoms with Gasteiger partial charge in [-0.1, -0.05) is 52.8 Å². The highest BCUT2D eigenvalue weighted by Crippen LogP contribution is 2.26. The summed E-state index contributed by atoms with van der Waals surface area (Å²) < 4.78 is 5.99. The van der Waals surface area contributed by atoms with E-state index < -0.39 is 0 Å². The molecule has 0 radical (unpaired) electrons. The topological polar surface area (TPSA) is 97.0 Å². The number of carbonyl (C=O) groups excluding carboxylic acids is 2. The Hall–Kier alpha value is -2.65. The van der Waals surface area contributed by atoms with E-state index in [-0.39, 0.29) is 17.6 Å². The van der Waals surface area contributed by atoms with Crippen molar-refractivity contribution in [2.75, 3.05) is 17.7 Å². The van der Waals surface area contributed by atoms with E-state index in [4.69, 9.17) is 4.74 Å². The van der Waals surface area contributed by atoms with Crippen molar-refractivity contribution >= 4 is 45.3 Å². The predicted octanol–water partition coefficient (Wildman–Crippen LogP) is 4.53. The van der Waals surface area contributed by atoms with Crippen LogP contribution in [-0.2, 0) is 9.53 Å². The molecular formula is C20H19BrN4O3S. The molecule has 150 valence electrons. The maximum atomic E-state index is 12.2. The minimum absolute atomic E-state index is 0.160. The molecule has 2 N–H and O–H groups in total. The van der Waals surface area contributed by atoms with Crippen LogP contribution in [0.3, 0.4) is 0 Å². The largest absolute Gasteiger partial charge is 0.462 e. The van der Waals surface area contributed by atoms with Crippen molar-refractivity contribution in [1.29, 1.82) is 0 Å². The first-order valence-electron chi connectivity index (χ1n) is 8.94. The number of aromatic amines is 1. The molecule has 1 amide bonds. The summed E-state index contributed by atoms with van der Waals surface area (Å²) in [5.41, 5.74) is 1.95. The molecule has 0 saturated heterocycles. The molecule has 0 spiro atoms. The molecule has 0 saturated carbocycles. The third-order valence-corrected chi connectivity index (χ3v) is 5.31. The van der Waals surface area contributed by atoms with Crippen LogP contribution in [0.1, 0.15) is 23.7 Å². The summed E-state index contributed by atoms with van der Waals surface area (Å²) in [7, 11) is 0. The molecule has 2 aromatic carbocycles. The number of benzene rings is 2. The van der Waals surface area contributed by atoms with Crippen LogP contribution >= 0.6 is 27.7 Å². The highest BCUT2D eigenvalue weighted by molar-refractivity contribution is 9.10. The first-order chi connectivity index (χ1) is 14.1. The standard InChI is InChI=1S/C20H19BrN4O3S/c1-2-11-28-19(27)13-7-9-14(10-8-13)22-17(26)12-29-20-23-18(24-25-20)15-5-3-4-6-16(15)21/h3-10H,2,11-12H2,1H3,(H,22,26)(H,23,24,25). The fraction of sp³-hybridized carbons (Fsp3) is 0.200. The Morgan fingerprint density at radius 2 is 1.93 bits per heavy atom. The molecule has 3 aromatic rings. The molecule has 3 rings (SSSR count). The van der Waals surface area contributed by atoms with Crippen molar-refractivity contribution in [3.63, 3.8) is 0 Å². The summed E-state index contributed by atoms with van der Waals surface area (Å²) in [6.07, 6.45) is 0.770. The number of H-pyrrole nitrogens is 1. The lowest BCUT2D eigenvalue weighted by Crippen LogP contribution is -2.14. The minimum atomic E-state index is -0.370.